The van der Waals surface area contributed by atoms with Crippen LogP contribution in [0.1, 0.15) is 56.2 Å². The summed E-state index contributed by atoms with van der Waals surface area (Å²) in [5.74, 6) is 0.558. The van der Waals surface area contributed by atoms with Crippen LogP contribution >= 0.6 is 0 Å². The Hall–Kier alpha value is -1.82. The van der Waals surface area contributed by atoms with E-state index < -0.39 is 0 Å². The van der Waals surface area contributed by atoms with Crippen molar-refractivity contribution in [2.45, 2.75) is 46.2 Å². The Bertz CT molecular complexity index is 595. The molecule has 0 amide bonds. The van der Waals surface area contributed by atoms with Crippen LogP contribution in [0.15, 0.2) is 18.2 Å². The maximum Gasteiger partial charge on any atom is 0.168 e. The minimum atomic E-state index is -0.203. The molecule has 1 aromatic carbocycles. The lowest BCUT2D eigenvalue weighted by atomic mass is 10.1. The Kier molecular flexibility index (Phi) is 5.01. The fourth-order valence-corrected chi connectivity index (χ4v) is 2.22. The highest BCUT2D eigenvalue weighted by Crippen LogP contribution is 2.22. The van der Waals surface area contributed by atoms with Gasteiger partial charge in [-0.05, 0) is 61.4 Å². The summed E-state index contributed by atoms with van der Waals surface area (Å²) < 4.78 is 15.5. The lowest BCUT2D eigenvalue weighted by Crippen LogP contribution is -2.24. The smallest absolute Gasteiger partial charge is 0.168 e. The van der Waals surface area contributed by atoms with E-state index >= 15 is 0 Å². The van der Waals surface area contributed by atoms with Crippen molar-refractivity contribution in [1.82, 2.24) is 25.5 Å². The Morgan fingerprint density at radius 2 is 2.10 bits per heavy atom. The number of rotatable bonds is 6. The molecular formula is C15H22FN5. The van der Waals surface area contributed by atoms with Crippen LogP contribution in [0.25, 0.3) is 0 Å². The molecular weight excluding hydrogens is 269 g/mol. The molecule has 114 valence electrons. The van der Waals surface area contributed by atoms with E-state index in [9.17, 15) is 4.39 Å². The summed E-state index contributed by atoms with van der Waals surface area (Å²) >= 11 is 0. The molecule has 5 nitrogen and oxygen atoms in total. The first-order valence-electron chi connectivity index (χ1n) is 7.31. The van der Waals surface area contributed by atoms with Crippen molar-refractivity contribution in [2.75, 3.05) is 6.54 Å². The first-order valence-corrected chi connectivity index (χ1v) is 7.31. The number of tetrazole rings is 1. The van der Waals surface area contributed by atoms with Crippen LogP contribution in [0.3, 0.4) is 0 Å². The standard InChI is InChI=1S/C15H22FN5/c1-5-8-17-11(3)15-18-19-20-21(15)12(4)13-7-6-10(2)14(16)9-13/h6-7,9,11-12,17H,5,8H2,1-4H3. The lowest BCUT2D eigenvalue weighted by Gasteiger charge is -2.18. The number of nitrogens with zero attached hydrogens (tertiary/aromatic N) is 4. The number of nitrogens with one attached hydrogen (secondary N) is 1. The zero-order chi connectivity index (χ0) is 15.4. The van der Waals surface area contributed by atoms with Crippen molar-refractivity contribution in [3.05, 3.63) is 41.0 Å². The molecule has 1 aromatic heterocycles. The number of benzene rings is 1. The fraction of sp³-hybridized carbons (Fsp3) is 0.533. The van der Waals surface area contributed by atoms with Crippen LogP contribution in [0.2, 0.25) is 0 Å². The first kappa shape index (κ1) is 15.6. The molecule has 0 spiro atoms. The second-order valence-corrected chi connectivity index (χ2v) is 5.34. The highest BCUT2D eigenvalue weighted by molar-refractivity contribution is 5.26. The predicted molar refractivity (Wildman–Crippen MR) is 79.5 cm³/mol. The molecule has 0 saturated carbocycles. The van der Waals surface area contributed by atoms with Gasteiger partial charge in [-0.2, -0.15) is 0 Å². The summed E-state index contributed by atoms with van der Waals surface area (Å²) in [6.45, 7) is 8.77. The quantitative estimate of drug-likeness (QED) is 0.889. The molecule has 6 heteroatoms. The maximum absolute atomic E-state index is 13.7. The molecule has 21 heavy (non-hydrogen) atoms. The monoisotopic (exact) mass is 291 g/mol. The lowest BCUT2D eigenvalue weighted by molar-refractivity contribution is 0.463. The molecule has 0 radical (unpaired) electrons. The van der Waals surface area contributed by atoms with Gasteiger partial charge < -0.3 is 5.32 Å². The molecule has 1 N–H and O–H groups in total. The Balaban J connectivity index is 2.25. The summed E-state index contributed by atoms with van der Waals surface area (Å²) in [7, 11) is 0. The van der Waals surface area contributed by atoms with Crippen LogP contribution in [0.5, 0.6) is 0 Å². The van der Waals surface area contributed by atoms with E-state index in [0.29, 0.717) is 5.56 Å². The molecule has 2 rings (SSSR count). The van der Waals surface area contributed by atoms with Crippen molar-refractivity contribution in [3.63, 3.8) is 0 Å². The topological polar surface area (TPSA) is 55.6 Å². The highest BCUT2D eigenvalue weighted by atomic mass is 19.1. The van der Waals surface area contributed by atoms with Crippen molar-refractivity contribution >= 4 is 0 Å². The maximum atomic E-state index is 13.7. The van der Waals surface area contributed by atoms with Crippen molar-refractivity contribution in [2.24, 2.45) is 0 Å². The summed E-state index contributed by atoms with van der Waals surface area (Å²) in [4.78, 5) is 0. The van der Waals surface area contributed by atoms with Crippen LogP contribution in [0, 0.1) is 12.7 Å². The van der Waals surface area contributed by atoms with Crippen LogP contribution < -0.4 is 5.32 Å². The SMILES string of the molecule is CCCNC(C)c1nnnn1C(C)c1ccc(C)c(F)c1. The fourth-order valence-electron chi connectivity index (χ4n) is 2.22. The predicted octanol–water partition coefficient (Wildman–Crippen LogP) is 2.79. The van der Waals surface area contributed by atoms with E-state index in [4.69, 9.17) is 0 Å². The van der Waals surface area contributed by atoms with Crippen LogP contribution in [-0.4, -0.2) is 26.8 Å². The molecule has 1 heterocycles. The highest BCUT2D eigenvalue weighted by Gasteiger charge is 2.19. The minimum absolute atomic E-state index is 0.0534. The van der Waals surface area contributed by atoms with Gasteiger partial charge in [-0.3, -0.25) is 0 Å². The molecule has 0 bridgehead atoms. The van der Waals surface area contributed by atoms with Gasteiger partial charge in [0.2, 0.25) is 0 Å². The molecule has 2 atom stereocenters. The number of aromatic nitrogens is 4. The van der Waals surface area contributed by atoms with Crippen molar-refractivity contribution in [3.8, 4) is 0 Å². The van der Waals surface area contributed by atoms with Gasteiger partial charge in [0.1, 0.15) is 5.82 Å². The zero-order valence-corrected chi connectivity index (χ0v) is 13.0. The van der Waals surface area contributed by atoms with Crippen molar-refractivity contribution in [1.29, 1.82) is 0 Å². The van der Waals surface area contributed by atoms with Gasteiger partial charge in [-0.15, -0.1) is 5.10 Å². The molecule has 2 aromatic rings. The van der Waals surface area contributed by atoms with E-state index in [-0.39, 0.29) is 17.9 Å². The van der Waals surface area contributed by atoms with E-state index in [1.165, 1.54) is 0 Å². The number of aryl methyl sites for hydroxylation is 1. The number of hydrogen-bond acceptors (Lipinski definition) is 4. The van der Waals surface area contributed by atoms with Gasteiger partial charge in [0.15, 0.2) is 5.82 Å². The summed E-state index contributed by atoms with van der Waals surface area (Å²) in [5, 5.41) is 15.3. The van der Waals surface area contributed by atoms with Gasteiger partial charge in [0, 0.05) is 0 Å². The summed E-state index contributed by atoms with van der Waals surface area (Å²) in [6.07, 6.45) is 1.05. The molecule has 0 aliphatic carbocycles. The summed E-state index contributed by atoms with van der Waals surface area (Å²) in [6, 6.07) is 5.19. The Morgan fingerprint density at radius 3 is 2.76 bits per heavy atom. The number of hydrogen-bond donors (Lipinski definition) is 1. The summed E-state index contributed by atoms with van der Waals surface area (Å²) in [5.41, 5.74) is 1.50. The third-order valence-corrected chi connectivity index (χ3v) is 3.65. The average molecular weight is 291 g/mol. The van der Waals surface area contributed by atoms with Crippen LogP contribution in [0.4, 0.5) is 4.39 Å². The second kappa shape index (κ2) is 6.76. The molecule has 0 saturated heterocycles. The Morgan fingerprint density at radius 1 is 1.33 bits per heavy atom. The normalized spacial score (nSPS) is 14.1. The van der Waals surface area contributed by atoms with E-state index in [0.717, 1.165) is 24.4 Å². The second-order valence-electron chi connectivity index (χ2n) is 5.34. The number of halogens is 1. The minimum Gasteiger partial charge on any atom is -0.307 e. The van der Waals surface area contributed by atoms with Gasteiger partial charge >= 0.3 is 0 Å². The average Bonchev–Trinajstić information content (AvgIpc) is 2.96. The molecule has 0 aliphatic rings. The van der Waals surface area contributed by atoms with E-state index in [2.05, 4.69) is 27.8 Å². The van der Waals surface area contributed by atoms with Gasteiger partial charge in [-0.25, -0.2) is 9.07 Å². The van der Waals surface area contributed by atoms with Gasteiger partial charge in [0.05, 0.1) is 12.1 Å². The third kappa shape index (κ3) is 3.44. The van der Waals surface area contributed by atoms with Crippen molar-refractivity contribution < 1.29 is 4.39 Å². The van der Waals surface area contributed by atoms with E-state index in [1.807, 2.05) is 19.9 Å². The molecule has 0 fully saturated rings. The van der Waals surface area contributed by atoms with Crippen LogP contribution in [-0.2, 0) is 0 Å². The molecule has 2 unspecified atom stereocenters. The van der Waals surface area contributed by atoms with Gasteiger partial charge in [-0.1, -0.05) is 19.1 Å². The Labute approximate surface area is 124 Å². The molecule has 0 aliphatic heterocycles. The zero-order valence-electron chi connectivity index (χ0n) is 13.0. The van der Waals surface area contributed by atoms with E-state index in [1.54, 1.807) is 23.7 Å². The first-order chi connectivity index (χ1) is 10.0. The van der Waals surface area contributed by atoms with Gasteiger partial charge in [0.25, 0.3) is 0 Å². The third-order valence-electron chi connectivity index (χ3n) is 3.65. The largest absolute Gasteiger partial charge is 0.307 e.